The van der Waals surface area contributed by atoms with Crippen LogP contribution in [0, 0.1) is 5.92 Å². The van der Waals surface area contributed by atoms with Crippen LogP contribution >= 0.6 is 0 Å². The van der Waals surface area contributed by atoms with E-state index in [0.717, 1.165) is 18.6 Å². The van der Waals surface area contributed by atoms with Crippen molar-refractivity contribution in [3.8, 4) is 0 Å². The lowest BCUT2D eigenvalue weighted by Gasteiger charge is -2.50. The second kappa shape index (κ2) is 2.48. The molecule has 0 aromatic rings. The van der Waals surface area contributed by atoms with Gasteiger partial charge in [-0.05, 0) is 39.0 Å². The van der Waals surface area contributed by atoms with Crippen LogP contribution in [-0.4, -0.2) is 35.7 Å². The lowest BCUT2D eigenvalue weighted by atomic mass is 9.83. The summed E-state index contributed by atoms with van der Waals surface area (Å²) >= 11 is 0. The Bertz CT molecular complexity index is 228. The molecule has 0 aromatic carbocycles. The van der Waals surface area contributed by atoms with Gasteiger partial charge in [0.2, 0.25) is 0 Å². The van der Waals surface area contributed by atoms with Crippen molar-refractivity contribution >= 4 is 0 Å². The van der Waals surface area contributed by atoms with Crippen LogP contribution in [0.3, 0.4) is 0 Å². The van der Waals surface area contributed by atoms with E-state index in [1.165, 1.54) is 25.8 Å². The van der Waals surface area contributed by atoms with Crippen LogP contribution in [0.15, 0.2) is 0 Å². The molecule has 74 valence electrons. The van der Waals surface area contributed by atoms with Gasteiger partial charge in [0, 0.05) is 18.1 Å². The van der Waals surface area contributed by atoms with E-state index in [9.17, 15) is 0 Å². The lowest BCUT2D eigenvalue weighted by Crippen LogP contribution is -2.60. The van der Waals surface area contributed by atoms with Crippen molar-refractivity contribution in [1.29, 1.82) is 0 Å². The van der Waals surface area contributed by atoms with Crippen LogP contribution < -0.4 is 0 Å². The quantitative estimate of drug-likeness (QED) is 0.656. The Morgan fingerprint density at radius 1 is 1.54 bits per heavy atom. The van der Waals surface area contributed by atoms with Gasteiger partial charge in [-0.25, -0.2) is 0 Å². The molecule has 13 heavy (non-hydrogen) atoms. The highest BCUT2D eigenvalue weighted by atomic mass is 16.5. The van der Waals surface area contributed by atoms with Gasteiger partial charge in [0.15, 0.2) is 0 Å². The van der Waals surface area contributed by atoms with Crippen molar-refractivity contribution in [3.63, 3.8) is 0 Å². The Morgan fingerprint density at radius 3 is 2.92 bits per heavy atom. The van der Waals surface area contributed by atoms with Gasteiger partial charge in [0.05, 0.1) is 12.7 Å². The predicted molar refractivity (Wildman–Crippen MR) is 51.7 cm³/mol. The van der Waals surface area contributed by atoms with Gasteiger partial charge in [-0.3, -0.25) is 4.90 Å². The zero-order chi connectivity index (χ0) is 9.05. The van der Waals surface area contributed by atoms with Gasteiger partial charge in [-0.2, -0.15) is 0 Å². The molecule has 1 saturated carbocycles. The van der Waals surface area contributed by atoms with E-state index in [1.807, 2.05) is 0 Å². The molecule has 0 aromatic heterocycles. The van der Waals surface area contributed by atoms with Crippen LogP contribution in [-0.2, 0) is 4.74 Å². The third-order valence-electron chi connectivity index (χ3n) is 4.04. The Kier molecular flexibility index (Phi) is 1.58. The number of piperidine rings is 1. The molecule has 3 fully saturated rings. The van der Waals surface area contributed by atoms with Gasteiger partial charge in [-0.1, -0.05) is 0 Å². The van der Waals surface area contributed by atoms with Crippen molar-refractivity contribution in [2.45, 2.75) is 50.8 Å². The first-order valence-electron chi connectivity index (χ1n) is 5.60. The topological polar surface area (TPSA) is 12.5 Å². The molecule has 3 aliphatic rings. The fourth-order valence-corrected chi connectivity index (χ4v) is 3.15. The van der Waals surface area contributed by atoms with Crippen LogP contribution in [0.5, 0.6) is 0 Å². The molecule has 0 bridgehead atoms. The maximum atomic E-state index is 5.78. The number of hydrogen-bond acceptors (Lipinski definition) is 2. The van der Waals surface area contributed by atoms with Crippen LogP contribution in [0.2, 0.25) is 0 Å². The van der Waals surface area contributed by atoms with Crippen molar-refractivity contribution in [2.24, 2.45) is 5.92 Å². The summed E-state index contributed by atoms with van der Waals surface area (Å²) in [7, 11) is 0. The normalized spacial score (nSPS) is 47.3. The first-order valence-corrected chi connectivity index (χ1v) is 5.60. The molecule has 2 nitrogen and oxygen atoms in total. The first kappa shape index (κ1) is 8.25. The van der Waals surface area contributed by atoms with E-state index in [-0.39, 0.29) is 0 Å². The van der Waals surface area contributed by atoms with E-state index in [1.54, 1.807) is 0 Å². The molecule has 0 unspecified atom stereocenters. The summed E-state index contributed by atoms with van der Waals surface area (Å²) in [5, 5.41) is 0. The summed E-state index contributed by atoms with van der Waals surface area (Å²) in [5.41, 5.74) is 0.498. The van der Waals surface area contributed by atoms with Gasteiger partial charge in [0.25, 0.3) is 0 Å². The summed E-state index contributed by atoms with van der Waals surface area (Å²) in [6.07, 6.45) is 4.68. The monoisotopic (exact) mass is 181 g/mol. The number of nitrogens with zero attached hydrogens (tertiary/aromatic N) is 1. The molecule has 0 amide bonds. The van der Waals surface area contributed by atoms with Gasteiger partial charge in [0.1, 0.15) is 0 Å². The first-order chi connectivity index (χ1) is 6.21. The minimum Gasteiger partial charge on any atom is -0.377 e. The average Bonchev–Trinajstić information content (AvgIpc) is 2.70. The standard InChI is InChI=1S/C11H19NO/c1-8(2)13-7-11-3-4-12(11)10-5-9(10)6-11/h8-10H,3-7H2,1-2H3/t9-,10-,11-/m0/s1. The molecular weight excluding hydrogens is 162 g/mol. The van der Waals surface area contributed by atoms with Gasteiger partial charge < -0.3 is 4.74 Å². The third-order valence-corrected chi connectivity index (χ3v) is 4.04. The number of fused-ring (bicyclic) bond motifs is 3. The Balaban J connectivity index is 1.63. The van der Waals surface area contributed by atoms with E-state index in [0.29, 0.717) is 11.6 Å². The summed E-state index contributed by atoms with van der Waals surface area (Å²) in [6.45, 7) is 6.59. The number of rotatable bonds is 3. The van der Waals surface area contributed by atoms with E-state index in [4.69, 9.17) is 4.74 Å². The highest BCUT2D eigenvalue weighted by Gasteiger charge is 2.63. The molecule has 3 atom stereocenters. The molecule has 3 rings (SSSR count). The Labute approximate surface area is 80.2 Å². The smallest absolute Gasteiger partial charge is 0.0654 e. The lowest BCUT2D eigenvalue weighted by molar-refractivity contribution is -0.0783. The van der Waals surface area contributed by atoms with E-state index in [2.05, 4.69) is 18.7 Å². The van der Waals surface area contributed by atoms with Crippen LogP contribution in [0.25, 0.3) is 0 Å². The molecule has 0 N–H and O–H groups in total. The summed E-state index contributed by atoms with van der Waals surface area (Å²) in [5.74, 6) is 1.04. The zero-order valence-corrected chi connectivity index (χ0v) is 8.62. The summed E-state index contributed by atoms with van der Waals surface area (Å²) < 4.78 is 5.78. The predicted octanol–water partition coefficient (Wildman–Crippen LogP) is 1.65. The van der Waals surface area contributed by atoms with Crippen molar-refractivity contribution < 1.29 is 4.74 Å². The minimum absolute atomic E-state index is 0.397. The molecular formula is C11H19NO. The fraction of sp³-hybridized carbons (Fsp3) is 1.00. The largest absolute Gasteiger partial charge is 0.377 e. The van der Waals surface area contributed by atoms with E-state index >= 15 is 0 Å². The molecule has 0 spiro atoms. The summed E-state index contributed by atoms with van der Waals surface area (Å²) in [6, 6.07) is 0.963. The van der Waals surface area contributed by atoms with E-state index < -0.39 is 0 Å². The molecule has 1 aliphatic carbocycles. The maximum absolute atomic E-state index is 5.78. The molecule has 2 saturated heterocycles. The van der Waals surface area contributed by atoms with Crippen molar-refractivity contribution in [3.05, 3.63) is 0 Å². The highest BCUT2D eigenvalue weighted by Crippen LogP contribution is 2.58. The Hall–Kier alpha value is -0.0800. The Morgan fingerprint density at radius 2 is 2.38 bits per heavy atom. The second-order valence-corrected chi connectivity index (χ2v) is 5.29. The summed E-state index contributed by atoms with van der Waals surface area (Å²) in [4.78, 5) is 2.71. The number of hydrogen-bond donors (Lipinski definition) is 0. The molecule has 2 aliphatic heterocycles. The van der Waals surface area contributed by atoms with Gasteiger partial charge in [-0.15, -0.1) is 0 Å². The second-order valence-electron chi connectivity index (χ2n) is 5.29. The van der Waals surface area contributed by atoms with Crippen molar-refractivity contribution in [1.82, 2.24) is 4.90 Å². The van der Waals surface area contributed by atoms with Crippen LogP contribution in [0.4, 0.5) is 0 Å². The SMILES string of the molecule is CC(C)OC[C@@]12CCN1[C@H]1C[C@H]1C2. The molecule has 2 heteroatoms. The molecule has 0 radical (unpaired) electrons. The van der Waals surface area contributed by atoms with Gasteiger partial charge >= 0.3 is 0 Å². The van der Waals surface area contributed by atoms with Crippen molar-refractivity contribution in [2.75, 3.05) is 13.2 Å². The fourth-order valence-electron chi connectivity index (χ4n) is 3.15. The number of ether oxygens (including phenoxy) is 1. The zero-order valence-electron chi connectivity index (χ0n) is 8.62. The highest BCUT2D eigenvalue weighted by molar-refractivity contribution is 5.18. The third kappa shape index (κ3) is 1.08. The van der Waals surface area contributed by atoms with Crippen LogP contribution in [0.1, 0.15) is 33.1 Å². The molecule has 2 heterocycles. The maximum Gasteiger partial charge on any atom is 0.0654 e. The minimum atomic E-state index is 0.397. The average molecular weight is 181 g/mol.